The standard InChI is InChI=1S/C18H19N3O3/c22-18(16-13-23-14-5-1-2-6-15(14)24-16)21-11-9-20(10-12-21)17-7-3-4-8-19-17/h1-8,16H,9-13H2/t16-/m0/s1. The number of hydrogen-bond donors (Lipinski definition) is 0. The van der Waals surface area contributed by atoms with Gasteiger partial charge in [-0.05, 0) is 24.3 Å². The number of ether oxygens (including phenoxy) is 2. The molecular weight excluding hydrogens is 306 g/mol. The molecule has 1 aromatic heterocycles. The fourth-order valence-corrected chi connectivity index (χ4v) is 3.04. The third kappa shape index (κ3) is 2.87. The summed E-state index contributed by atoms with van der Waals surface area (Å²) in [5, 5.41) is 0. The molecule has 6 nitrogen and oxygen atoms in total. The second-order valence-corrected chi connectivity index (χ2v) is 5.86. The molecule has 6 heteroatoms. The molecular formula is C18H19N3O3. The van der Waals surface area contributed by atoms with E-state index in [2.05, 4.69) is 9.88 Å². The minimum absolute atomic E-state index is 0.00910. The lowest BCUT2D eigenvalue weighted by atomic mass is 10.2. The number of rotatable bonds is 2. The van der Waals surface area contributed by atoms with Crippen molar-refractivity contribution in [2.24, 2.45) is 0 Å². The van der Waals surface area contributed by atoms with Crippen molar-refractivity contribution >= 4 is 11.7 Å². The smallest absolute Gasteiger partial charge is 0.267 e. The van der Waals surface area contributed by atoms with Gasteiger partial charge >= 0.3 is 0 Å². The quantitative estimate of drug-likeness (QED) is 0.839. The highest BCUT2D eigenvalue weighted by Crippen LogP contribution is 2.31. The van der Waals surface area contributed by atoms with Gasteiger partial charge in [-0.3, -0.25) is 4.79 Å². The van der Waals surface area contributed by atoms with Crippen LogP contribution in [0.1, 0.15) is 0 Å². The zero-order valence-corrected chi connectivity index (χ0v) is 13.3. The Hall–Kier alpha value is -2.76. The fraction of sp³-hybridized carbons (Fsp3) is 0.333. The van der Waals surface area contributed by atoms with E-state index in [0.717, 1.165) is 18.9 Å². The molecule has 1 atom stereocenters. The summed E-state index contributed by atoms with van der Waals surface area (Å²) >= 11 is 0. The summed E-state index contributed by atoms with van der Waals surface area (Å²) < 4.78 is 11.5. The number of pyridine rings is 1. The summed E-state index contributed by atoms with van der Waals surface area (Å²) in [6.45, 7) is 3.13. The van der Waals surface area contributed by atoms with Gasteiger partial charge in [-0.2, -0.15) is 0 Å². The van der Waals surface area contributed by atoms with Crippen molar-refractivity contribution in [3.8, 4) is 11.5 Å². The minimum atomic E-state index is -0.568. The molecule has 0 aliphatic carbocycles. The molecule has 2 aromatic rings. The van der Waals surface area contributed by atoms with Gasteiger partial charge in [-0.15, -0.1) is 0 Å². The Morgan fingerprint density at radius 1 is 1.00 bits per heavy atom. The van der Waals surface area contributed by atoms with Crippen LogP contribution in [0.4, 0.5) is 5.82 Å². The number of hydrogen-bond acceptors (Lipinski definition) is 5. The topological polar surface area (TPSA) is 54.9 Å². The molecule has 2 aliphatic heterocycles. The van der Waals surface area contributed by atoms with Crippen LogP contribution in [0.15, 0.2) is 48.7 Å². The molecule has 124 valence electrons. The molecule has 3 heterocycles. The van der Waals surface area contributed by atoms with E-state index in [4.69, 9.17) is 9.47 Å². The van der Waals surface area contributed by atoms with Gasteiger partial charge in [0, 0.05) is 32.4 Å². The number of anilines is 1. The Bertz CT molecular complexity index is 714. The van der Waals surface area contributed by atoms with E-state index in [1.54, 1.807) is 6.20 Å². The van der Waals surface area contributed by atoms with Crippen molar-refractivity contribution in [3.05, 3.63) is 48.7 Å². The molecule has 1 aromatic carbocycles. The number of amides is 1. The predicted molar refractivity (Wildman–Crippen MR) is 89.4 cm³/mol. The lowest BCUT2D eigenvalue weighted by Crippen LogP contribution is -2.54. The summed E-state index contributed by atoms with van der Waals surface area (Å²) in [6, 6.07) is 13.3. The number of fused-ring (bicyclic) bond motifs is 1. The van der Waals surface area contributed by atoms with Gasteiger partial charge in [0.15, 0.2) is 11.5 Å². The number of aromatic nitrogens is 1. The van der Waals surface area contributed by atoms with E-state index >= 15 is 0 Å². The highest BCUT2D eigenvalue weighted by Gasteiger charge is 2.32. The second kappa shape index (κ2) is 6.39. The summed E-state index contributed by atoms with van der Waals surface area (Å²) in [5.74, 6) is 2.27. The van der Waals surface area contributed by atoms with Crippen LogP contribution in [0.5, 0.6) is 11.5 Å². The van der Waals surface area contributed by atoms with E-state index in [0.29, 0.717) is 24.6 Å². The molecule has 1 fully saturated rings. The lowest BCUT2D eigenvalue weighted by Gasteiger charge is -2.37. The van der Waals surface area contributed by atoms with Crippen LogP contribution >= 0.6 is 0 Å². The Morgan fingerprint density at radius 3 is 2.50 bits per heavy atom. The van der Waals surface area contributed by atoms with Gasteiger partial charge in [0.1, 0.15) is 12.4 Å². The van der Waals surface area contributed by atoms with Crippen LogP contribution in [0.25, 0.3) is 0 Å². The maximum atomic E-state index is 12.7. The highest BCUT2D eigenvalue weighted by atomic mass is 16.6. The minimum Gasteiger partial charge on any atom is -0.485 e. The zero-order valence-electron chi connectivity index (χ0n) is 13.3. The SMILES string of the molecule is O=C([C@@H]1COc2ccccc2O1)N1CCN(c2ccccn2)CC1. The third-order valence-electron chi connectivity index (χ3n) is 4.35. The van der Waals surface area contributed by atoms with Gasteiger partial charge in [-0.25, -0.2) is 4.98 Å². The first-order valence-electron chi connectivity index (χ1n) is 8.14. The molecule has 2 aliphatic rings. The van der Waals surface area contributed by atoms with E-state index in [9.17, 15) is 4.79 Å². The van der Waals surface area contributed by atoms with E-state index in [1.807, 2.05) is 47.4 Å². The van der Waals surface area contributed by atoms with Gasteiger partial charge in [0.05, 0.1) is 0 Å². The van der Waals surface area contributed by atoms with Crippen molar-refractivity contribution in [2.75, 3.05) is 37.7 Å². The van der Waals surface area contributed by atoms with Crippen molar-refractivity contribution in [3.63, 3.8) is 0 Å². The molecule has 0 bridgehead atoms. The normalized spacial score (nSPS) is 19.9. The average molecular weight is 325 g/mol. The van der Waals surface area contributed by atoms with Gasteiger partial charge in [-0.1, -0.05) is 18.2 Å². The van der Waals surface area contributed by atoms with Crippen LogP contribution in [0.3, 0.4) is 0 Å². The Balaban J connectivity index is 1.37. The molecule has 0 unspecified atom stereocenters. The third-order valence-corrected chi connectivity index (χ3v) is 4.35. The number of carbonyl (C=O) groups is 1. The summed E-state index contributed by atoms with van der Waals surface area (Å²) in [5.41, 5.74) is 0. The number of carbonyl (C=O) groups excluding carboxylic acids is 1. The molecule has 1 amide bonds. The Labute approximate surface area is 140 Å². The Kier molecular flexibility index (Phi) is 3.94. The van der Waals surface area contributed by atoms with E-state index in [1.165, 1.54) is 0 Å². The number of benzene rings is 1. The van der Waals surface area contributed by atoms with Gasteiger partial charge in [0.2, 0.25) is 6.10 Å². The molecule has 0 spiro atoms. The van der Waals surface area contributed by atoms with Crippen LogP contribution in [-0.2, 0) is 4.79 Å². The average Bonchev–Trinajstić information content (AvgIpc) is 2.68. The van der Waals surface area contributed by atoms with E-state index in [-0.39, 0.29) is 12.5 Å². The summed E-state index contributed by atoms with van der Waals surface area (Å²) in [4.78, 5) is 21.1. The molecule has 0 radical (unpaired) electrons. The first-order chi connectivity index (χ1) is 11.8. The van der Waals surface area contributed by atoms with Crippen LogP contribution in [0.2, 0.25) is 0 Å². The Morgan fingerprint density at radius 2 is 1.75 bits per heavy atom. The maximum Gasteiger partial charge on any atom is 0.267 e. The summed E-state index contributed by atoms with van der Waals surface area (Å²) in [7, 11) is 0. The largest absolute Gasteiger partial charge is 0.485 e. The van der Waals surface area contributed by atoms with Crippen molar-refractivity contribution < 1.29 is 14.3 Å². The summed E-state index contributed by atoms with van der Waals surface area (Å²) in [6.07, 6.45) is 1.22. The zero-order chi connectivity index (χ0) is 16.4. The first-order valence-corrected chi connectivity index (χ1v) is 8.14. The molecule has 4 rings (SSSR count). The number of para-hydroxylation sites is 2. The molecule has 0 N–H and O–H groups in total. The predicted octanol–water partition coefficient (Wildman–Crippen LogP) is 1.57. The monoisotopic (exact) mass is 325 g/mol. The van der Waals surface area contributed by atoms with Gasteiger partial charge < -0.3 is 19.3 Å². The van der Waals surface area contributed by atoms with Crippen LogP contribution < -0.4 is 14.4 Å². The molecule has 0 saturated carbocycles. The second-order valence-electron chi connectivity index (χ2n) is 5.86. The highest BCUT2D eigenvalue weighted by molar-refractivity contribution is 5.82. The first kappa shape index (κ1) is 14.8. The lowest BCUT2D eigenvalue weighted by molar-refractivity contribution is -0.141. The number of nitrogens with zero attached hydrogens (tertiary/aromatic N) is 3. The molecule has 1 saturated heterocycles. The van der Waals surface area contributed by atoms with Crippen molar-refractivity contribution in [2.45, 2.75) is 6.10 Å². The van der Waals surface area contributed by atoms with Crippen molar-refractivity contribution in [1.82, 2.24) is 9.88 Å². The molecule has 24 heavy (non-hydrogen) atoms. The van der Waals surface area contributed by atoms with Crippen molar-refractivity contribution in [1.29, 1.82) is 0 Å². The maximum absolute atomic E-state index is 12.7. The van der Waals surface area contributed by atoms with Crippen LogP contribution in [0, 0.1) is 0 Å². The number of piperazine rings is 1. The van der Waals surface area contributed by atoms with E-state index < -0.39 is 6.10 Å². The fourth-order valence-electron chi connectivity index (χ4n) is 3.04. The van der Waals surface area contributed by atoms with Crippen LogP contribution in [-0.4, -0.2) is 54.7 Å². The van der Waals surface area contributed by atoms with Gasteiger partial charge in [0.25, 0.3) is 5.91 Å².